The lowest BCUT2D eigenvalue weighted by Crippen LogP contribution is -2.47. The van der Waals surface area contributed by atoms with E-state index in [1.807, 2.05) is 7.05 Å². The van der Waals surface area contributed by atoms with Gasteiger partial charge in [-0.2, -0.15) is 0 Å². The molecule has 0 bridgehead atoms. The van der Waals surface area contributed by atoms with Crippen LogP contribution in [0.3, 0.4) is 0 Å². The topological polar surface area (TPSA) is 39.7 Å². The van der Waals surface area contributed by atoms with Crippen LogP contribution in [0.4, 0.5) is 8.78 Å². The van der Waals surface area contributed by atoms with Crippen LogP contribution in [0.25, 0.3) is 0 Å². The smallest absolute Gasteiger partial charge is 0.261 e. The maximum Gasteiger partial charge on any atom is 0.261 e. The summed E-state index contributed by atoms with van der Waals surface area (Å²) in [5.41, 5.74) is -0.109. The highest BCUT2D eigenvalue weighted by molar-refractivity contribution is 4.93. The predicted molar refractivity (Wildman–Crippen MR) is 71.1 cm³/mol. The summed E-state index contributed by atoms with van der Waals surface area (Å²) in [5.74, 6) is 0.491. The molecular weight excluding hydrogens is 268 g/mol. The zero-order valence-electron chi connectivity index (χ0n) is 12.1. The molecule has 0 amide bonds. The molecule has 118 valence electrons. The maximum absolute atomic E-state index is 12.0. The summed E-state index contributed by atoms with van der Waals surface area (Å²) in [6, 6.07) is 0.286. The monoisotopic (exact) mass is 293 g/mol. The lowest BCUT2D eigenvalue weighted by atomic mass is 9.80. The third kappa shape index (κ3) is 4.35. The van der Waals surface area contributed by atoms with Gasteiger partial charge in [-0.3, -0.25) is 0 Å². The normalized spacial score (nSPS) is 32.1. The predicted octanol–water partition coefficient (Wildman–Crippen LogP) is 1.83. The van der Waals surface area contributed by atoms with Crippen molar-refractivity contribution in [3.8, 4) is 0 Å². The van der Waals surface area contributed by atoms with Crippen molar-refractivity contribution < 1.29 is 23.0 Å². The first kappa shape index (κ1) is 16.1. The highest BCUT2D eigenvalue weighted by Gasteiger charge is 2.42. The Morgan fingerprint density at radius 3 is 2.90 bits per heavy atom. The third-order valence-electron chi connectivity index (χ3n) is 4.36. The van der Waals surface area contributed by atoms with Crippen molar-refractivity contribution in [2.24, 2.45) is 5.92 Å². The second-order valence-corrected chi connectivity index (χ2v) is 5.74. The molecule has 4 nitrogen and oxygen atoms in total. The summed E-state index contributed by atoms with van der Waals surface area (Å²) in [6.07, 6.45) is 1.31. The molecule has 2 aliphatic rings. The van der Waals surface area contributed by atoms with Crippen LogP contribution in [-0.4, -0.2) is 58.2 Å². The second-order valence-electron chi connectivity index (χ2n) is 5.74. The quantitative estimate of drug-likeness (QED) is 0.727. The molecular formula is C14H25F2NO3. The van der Waals surface area contributed by atoms with Crippen LogP contribution in [0.2, 0.25) is 0 Å². The Hall–Kier alpha value is -0.300. The highest BCUT2D eigenvalue weighted by Crippen LogP contribution is 2.37. The molecule has 2 fully saturated rings. The molecule has 0 aromatic rings. The number of halogens is 2. The second kappa shape index (κ2) is 7.64. The average Bonchev–Trinajstić information content (AvgIpc) is 2.86. The van der Waals surface area contributed by atoms with E-state index in [0.29, 0.717) is 19.1 Å². The van der Waals surface area contributed by atoms with Crippen LogP contribution < -0.4 is 5.32 Å². The van der Waals surface area contributed by atoms with Gasteiger partial charge in [0.2, 0.25) is 0 Å². The van der Waals surface area contributed by atoms with Crippen molar-refractivity contribution in [3.63, 3.8) is 0 Å². The SMILES string of the molecule is CNC(CCOCC(F)F)C1CCOC2(CCOC2)C1. The summed E-state index contributed by atoms with van der Waals surface area (Å²) >= 11 is 0. The van der Waals surface area contributed by atoms with E-state index in [4.69, 9.17) is 14.2 Å². The number of alkyl halides is 2. The zero-order valence-corrected chi connectivity index (χ0v) is 12.1. The maximum atomic E-state index is 12.0. The van der Waals surface area contributed by atoms with E-state index in [1.165, 1.54) is 0 Å². The molecule has 3 unspecified atom stereocenters. The zero-order chi connectivity index (χ0) is 14.4. The van der Waals surface area contributed by atoms with Gasteiger partial charge in [0.05, 0.1) is 12.2 Å². The van der Waals surface area contributed by atoms with Crippen molar-refractivity contribution >= 4 is 0 Å². The van der Waals surface area contributed by atoms with Gasteiger partial charge >= 0.3 is 0 Å². The molecule has 0 radical (unpaired) electrons. The number of nitrogens with one attached hydrogen (secondary N) is 1. The van der Waals surface area contributed by atoms with Crippen molar-refractivity contribution in [2.75, 3.05) is 40.1 Å². The first-order valence-electron chi connectivity index (χ1n) is 7.40. The summed E-state index contributed by atoms with van der Waals surface area (Å²) < 4.78 is 40.4. The number of hydrogen-bond donors (Lipinski definition) is 1. The van der Waals surface area contributed by atoms with E-state index in [9.17, 15) is 8.78 Å². The summed E-state index contributed by atoms with van der Waals surface area (Å²) in [4.78, 5) is 0. The van der Waals surface area contributed by atoms with Crippen LogP contribution in [0.15, 0.2) is 0 Å². The fourth-order valence-corrected chi connectivity index (χ4v) is 3.27. The van der Waals surface area contributed by atoms with Gasteiger partial charge in [-0.25, -0.2) is 8.78 Å². The van der Waals surface area contributed by atoms with E-state index >= 15 is 0 Å². The van der Waals surface area contributed by atoms with Crippen LogP contribution in [0.5, 0.6) is 0 Å². The Kier molecular flexibility index (Phi) is 6.14. The van der Waals surface area contributed by atoms with Crippen molar-refractivity contribution in [1.29, 1.82) is 0 Å². The van der Waals surface area contributed by atoms with Gasteiger partial charge in [0.25, 0.3) is 6.43 Å². The molecule has 2 rings (SSSR count). The summed E-state index contributed by atoms with van der Waals surface area (Å²) in [5, 5.41) is 3.30. The van der Waals surface area contributed by atoms with E-state index in [1.54, 1.807) is 0 Å². The van der Waals surface area contributed by atoms with E-state index in [2.05, 4.69) is 5.32 Å². The van der Waals surface area contributed by atoms with Gasteiger partial charge in [0, 0.05) is 32.3 Å². The molecule has 2 aliphatic heterocycles. The van der Waals surface area contributed by atoms with Crippen molar-refractivity contribution in [3.05, 3.63) is 0 Å². The Morgan fingerprint density at radius 2 is 2.25 bits per heavy atom. The van der Waals surface area contributed by atoms with Crippen LogP contribution >= 0.6 is 0 Å². The number of rotatable bonds is 7. The molecule has 1 N–H and O–H groups in total. The Labute approximate surface area is 119 Å². The lowest BCUT2D eigenvalue weighted by molar-refractivity contribution is -0.104. The Balaban J connectivity index is 1.77. The molecule has 20 heavy (non-hydrogen) atoms. The fraction of sp³-hybridized carbons (Fsp3) is 1.00. The van der Waals surface area contributed by atoms with Crippen molar-refractivity contribution in [1.82, 2.24) is 5.32 Å². The third-order valence-corrected chi connectivity index (χ3v) is 4.36. The molecule has 2 heterocycles. The van der Waals surface area contributed by atoms with Crippen LogP contribution in [-0.2, 0) is 14.2 Å². The minimum atomic E-state index is -2.38. The minimum Gasteiger partial charge on any atom is -0.378 e. The van der Waals surface area contributed by atoms with Gasteiger partial charge in [-0.1, -0.05) is 0 Å². The molecule has 0 aromatic heterocycles. The van der Waals surface area contributed by atoms with Crippen molar-refractivity contribution in [2.45, 2.75) is 43.8 Å². The molecule has 6 heteroatoms. The number of ether oxygens (including phenoxy) is 3. The Bertz CT molecular complexity index is 286. The molecule has 0 aliphatic carbocycles. The van der Waals surface area contributed by atoms with Gasteiger partial charge in [0.1, 0.15) is 6.61 Å². The molecule has 3 atom stereocenters. The first-order valence-corrected chi connectivity index (χ1v) is 7.40. The largest absolute Gasteiger partial charge is 0.378 e. The van der Waals surface area contributed by atoms with Crippen LogP contribution in [0, 0.1) is 5.92 Å². The average molecular weight is 293 g/mol. The van der Waals surface area contributed by atoms with Crippen LogP contribution in [0.1, 0.15) is 25.7 Å². The molecule has 0 aromatic carbocycles. The number of hydrogen-bond acceptors (Lipinski definition) is 4. The highest BCUT2D eigenvalue weighted by atomic mass is 19.3. The molecule has 2 saturated heterocycles. The van der Waals surface area contributed by atoms with Gasteiger partial charge in [0.15, 0.2) is 0 Å². The standard InChI is InChI=1S/C14H25F2NO3/c1-17-12(3-5-18-9-13(15)16)11-2-6-20-14(8-11)4-7-19-10-14/h11-13,17H,2-10H2,1H3. The summed E-state index contributed by atoms with van der Waals surface area (Å²) in [7, 11) is 1.92. The summed E-state index contributed by atoms with van der Waals surface area (Å²) in [6.45, 7) is 2.11. The molecule has 0 saturated carbocycles. The van der Waals surface area contributed by atoms with Gasteiger partial charge < -0.3 is 19.5 Å². The first-order chi connectivity index (χ1) is 9.65. The fourth-order valence-electron chi connectivity index (χ4n) is 3.27. The minimum absolute atomic E-state index is 0.109. The molecule has 1 spiro atoms. The van der Waals surface area contributed by atoms with Gasteiger partial charge in [-0.05, 0) is 32.2 Å². The Morgan fingerprint density at radius 1 is 1.40 bits per heavy atom. The van der Waals surface area contributed by atoms with E-state index in [-0.39, 0.29) is 11.6 Å². The van der Waals surface area contributed by atoms with Gasteiger partial charge in [-0.15, -0.1) is 0 Å². The van der Waals surface area contributed by atoms with E-state index < -0.39 is 13.0 Å². The van der Waals surface area contributed by atoms with E-state index in [0.717, 1.165) is 38.9 Å². The lowest BCUT2D eigenvalue weighted by Gasteiger charge is -2.40.